The standard InChI is InChI=1S/C15H17N3O2/c19-15(16-10-12-7-9-20-11-12)14-6-8-18(17-14)13-4-2-1-3-5-13/h1-6,8,12H,7,9-11H2,(H,16,19)/t12-/m1/s1. The van der Waals surface area contributed by atoms with Crippen LogP contribution in [0, 0.1) is 5.92 Å². The second-order valence-electron chi connectivity index (χ2n) is 4.92. The number of carbonyl (C=O) groups is 1. The van der Waals surface area contributed by atoms with Gasteiger partial charge in [-0.1, -0.05) is 18.2 Å². The molecule has 0 radical (unpaired) electrons. The van der Waals surface area contributed by atoms with Crippen molar-refractivity contribution in [1.82, 2.24) is 15.1 Å². The van der Waals surface area contributed by atoms with Gasteiger partial charge in [0, 0.05) is 25.3 Å². The molecule has 104 valence electrons. The fraction of sp³-hybridized carbons (Fsp3) is 0.333. The van der Waals surface area contributed by atoms with Gasteiger partial charge in [-0.2, -0.15) is 5.10 Å². The van der Waals surface area contributed by atoms with Crippen LogP contribution in [0.15, 0.2) is 42.6 Å². The van der Waals surface area contributed by atoms with E-state index in [-0.39, 0.29) is 5.91 Å². The average Bonchev–Trinajstić information content (AvgIpc) is 3.17. The van der Waals surface area contributed by atoms with E-state index in [1.54, 1.807) is 16.9 Å². The minimum Gasteiger partial charge on any atom is -0.381 e. The topological polar surface area (TPSA) is 56.1 Å². The van der Waals surface area contributed by atoms with Gasteiger partial charge in [0.25, 0.3) is 5.91 Å². The van der Waals surface area contributed by atoms with Crippen LogP contribution in [0.1, 0.15) is 16.9 Å². The molecule has 1 aromatic carbocycles. The molecule has 5 nitrogen and oxygen atoms in total. The molecule has 1 aromatic heterocycles. The summed E-state index contributed by atoms with van der Waals surface area (Å²) < 4.78 is 6.99. The predicted molar refractivity (Wildman–Crippen MR) is 74.8 cm³/mol. The second-order valence-corrected chi connectivity index (χ2v) is 4.92. The Kier molecular flexibility index (Phi) is 3.78. The van der Waals surface area contributed by atoms with Gasteiger partial charge < -0.3 is 10.1 Å². The molecule has 3 rings (SSSR count). The molecule has 1 N–H and O–H groups in total. The highest BCUT2D eigenvalue weighted by atomic mass is 16.5. The minimum absolute atomic E-state index is 0.133. The Morgan fingerprint density at radius 2 is 2.20 bits per heavy atom. The monoisotopic (exact) mass is 271 g/mol. The first-order chi connectivity index (χ1) is 9.83. The van der Waals surface area contributed by atoms with Crippen molar-refractivity contribution >= 4 is 5.91 Å². The third-order valence-corrected chi connectivity index (χ3v) is 3.42. The van der Waals surface area contributed by atoms with Crippen molar-refractivity contribution in [3.05, 3.63) is 48.3 Å². The molecular formula is C15H17N3O2. The Bertz CT molecular complexity index is 574. The lowest BCUT2D eigenvalue weighted by Gasteiger charge is -2.07. The van der Waals surface area contributed by atoms with Crippen LogP contribution in [0.25, 0.3) is 5.69 Å². The Morgan fingerprint density at radius 1 is 1.35 bits per heavy atom. The van der Waals surface area contributed by atoms with Crippen molar-refractivity contribution in [2.45, 2.75) is 6.42 Å². The predicted octanol–water partition coefficient (Wildman–Crippen LogP) is 1.64. The summed E-state index contributed by atoms with van der Waals surface area (Å²) in [5, 5.41) is 7.21. The smallest absolute Gasteiger partial charge is 0.271 e. The molecule has 1 atom stereocenters. The maximum absolute atomic E-state index is 12.0. The zero-order valence-corrected chi connectivity index (χ0v) is 11.2. The fourth-order valence-electron chi connectivity index (χ4n) is 2.24. The van der Waals surface area contributed by atoms with Crippen LogP contribution in [0.5, 0.6) is 0 Å². The summed E-state index contributed by atoms with van der Waals surface area (Å²) in [6.07, 6.45) is 2.81. The molecule has 1 amide bonds. The number of aromatic nitrogens is 2. The molecule has 1 fully saturated rings. The highest BCUT2D eigenvalue weighted by Gasteiger charge is 2.17. The fourth-order valence-corrected chi connectivity index (χ4v) is 2.24. The van der Waals surface area contributed by atoms with Crippen molar-refractivity contribution in [2.24, 2.45) is 5.92 Å². The highest BCUT2D eigenvalue weighted by molar-refractivity contribution is 5.92. The summed E-state index contributed by atoms with van der Waals surface area (Å²) in [6.45, 7) is 2.18. The molecule has 20 heavy (non-hydrogen) atoms. The number of nitrogens with one attached hydrogen (secondary N) is 1. The summed E-state index contributed by atoms with van der Waals surface area (Å²) >= 11 is 0. The van der Waals surface area contributed by atoms with Gasteiger partial charge in [-0.05, 0) is 24.6 Å². The third-order valence-electron chi connectivity index (χ3n) is 3.42. The van der Waals surface area contributed by atoms with Crippen molar-refractivity contribution in [2.75, 3.05) is 19.8 Å². The zero-order chi connectivity index (χ0) is 13.8. The van der Waals surface area contributed by atoms with Gasteiger partial charge >= 0.3 is 0 Å². The van der Waals surface area contributed by atoms with Crippen LogP contribution in [0.3, 0.4) is 0 Å². The lowest BCUT2D eigenvalue weighted by Crippen LogP contribution is -2.29. The number of nitrogens with zero attached hydrogens (tertiary/aromatic N) is 2. The Labute approximate surface area is 117 Å². The number of benzene rings is 1. The summed E-state index contributed by atoms with van der Waals surface area (Å²) in [6, 6.07) is 11.5. The first-order valence-electron chi connectivity index (χ1n) is 6.80. The molecule has 0 bridgehead atoms. The van der Waals surface area contributed by atoms with Gasteiger partial charge in [-0.15, -0.1) is 0 Å². The summed E-state index contributed by atoms with van der Waals surface area (Å²) in [5.41, 5.74) is 1.38. The van der Waals surface area contributed by atoms with E-state index in [9.17, 15) is 4.79 Å². The normalized spacial score (nSPS) is 18.1. The molecule has 0 spiro atoms. The van der Waals surface area contributed by atoms with E-state index < -0.39 is 0 Å². The molecule has 0 aliphatic carbocycles. The molecule has 1 aliphatic rings. The van der Waals surface area contributed by atoms with E-state index in [1.807, 2.05) is 30.3 Å². The van der Waals surface area contributed by atoms with E-state index in [0.29, 0.717) is 18.2 Å². The van der Waals surface area contributed by atoms with Gasteiger partial charge in [-0.25, -0.2) is 4.68 Å². The SMILES string of the molecule is O=C(NC[C@H]1CCOC1)c1ccn(-c2ccccc2)n1. The Hall–Kier alpha value is -2.14. The van der Waals surface area contributed by atoms with Gasteiger partial charge in [0.05, 0.1) is 12.3 Å². The van der Waals surface area contributed by atoms with Crippen molar-refractivity contribution in [3.63, 3.8) is 0 Å². The lowest BCUT2D eigenvalue weighted by molar-refractivity contribution is 0.0939. The number of rotatable bonds is 4. The molecule has 1 aliphatic heterocycles. The van der Waals surface area contributed by atoms with E-state index in [1.165, 1.54) is 0 Å². The van der Waals surface area contributed by atoms with E-state index >= 15 is 0 Å². The van der Waals surface area contributed by atoms with Gasteiger partial charge in [0.1, 0.15) is 0 Å². The number of para-hydroxylation sites is 1. The van der Waals surface area contributed by atoms with Gasteiger partial charge in [0.2, 0.25) is 0 Å². The molecule has 2 aromatic rings. The molecule has 0 saturated carbocycles. The Balaban J connectivity index is 1.62. The van der Waals surface area contributed by atoms with Gasteiger partial charge in [-0.3, -0.25) is 4.79 Å². The number of hydrogen-bond acceptors (Lipinski definition) is 3. The lowest BCUT2D eigenvalue weighted by atomic mass is 10.1. The maximum atomic E-state index is 12.0. The number of carbonyl (C=O) groups excluding carboxylic acids is 1. The third kappa shape index (κ3) is 2.88. The maximum Gasteiger partial charge on any atom is 0.271 e. The van der Waals surface area contributed by atoms with E-state index in [2.05, 4.69) is 10.4 Å². The minimum atomic E-state index is -0.133. The van der Waals surface area contributed by atoms with Crippen LogP contribution in [-0.4, -0.2) is 35.4 Å². The first-order valence-corrected chi connectivity index (χ1v) is 6.80. The van der Waals surface area contributed by atoms with Crippen molar-refractivity contribution in [3.8, 4) is 5.69 Å². The summed E-state index contributed by atoms with van der Waals surface area (Å²) in [5.74, 6) is 0.293. The van der Waals surface area contributed by atoms with E-state index in [4.69, 9.17) is 4.74 Å². The molecule has 5 heteroatoms. The summed E-state index contributed by atoms with van der Waals surface area (Å²) in [7, 11) is 0. The van der Waals surface area contributed by atoms with Crippen LogP contribution in [0.2, 0.25) is 0 Å². The zero-order valence-electron chi connectivity index (χ0n) is 11.2. The van der Waals surface area contributed by atoms with Crippen LogP contribution in [0.4, 0.5) is 0 Å². The van der Waals surface area contributed by atoms with Crippen LogP contribution >= 0.6 is 0 Å². The largest absolute Gasteiger partial charge is 0.381 e. The molecule has 0 unspecified atom stereocenters. The van der Waals surface area contributed by atoms with Crippen molar-refractivity contribution in [1.29, 1.82) is 0 Å². The first kappa shape index (κ1) is 12.9. The molecule has 1 saturated heterocycles. The van der Waals surface area contributed by atoms with Gasteiger partial charge in [0.15, 0.2) is 5.69 Å². The highest BCUT2D eigenvalue weighted by Crippen LogP contribution is 2.11. The Morgan fingerprint density at radius 3 is 2.95 bits per heavy atom. The van der Waals surface area contributed by atoms with Crippen LogP contribution in [-0.2, 0) is 4.74 Å². The second kappa shape index (κ2) is 5.88. The molecule has 2 heterocycles. The number of hydrogen-bond donors (Lipinski definition) is 1. The quantitative estimate of drug-likeness (QED) is 0.919. The van der Waals surface area contributed by atoms with E-state index in [0.717, 1.165) is 25.3 Å². The number of amides is 1. The number of ether oxygens (including phenoxy) is 1. The summed E-state index contributed by atoms with van der Waals surface area (Å²) in [4.78, 5) is 12.0. The van der Waals surface area contributed by atoms with Crippen molar-refractivity contribution < 1.29 is 9.53 Å². The van der Waals surface area contributed by atoms with Crippen LogP contribution < -0.4 is 5.32 Å². The molecular weight excluding hydrogens is 254 g/mol. The average molecular weight is 271 g/mol.